The highest BCUT2D eigenvalue weighted by Crippen LogP contribution is 2.34. The number of nitrogens with zero attached hydrogens (tertiary/aromatic N) is 5. The number of aromatic nitrogens is 4. The number of hydrogen-bond donors (Lipinski definition) is 0. The zero-order valence-electron chi connectivity index (χ0n) is 18.6. The Morgan fingerprint density at radius 2 is 1.75 bits per heavy atom. The highest BCUT2D eigenvalue weighted by atomic mass is 19.1. The molecule has 166 valence electrons. The van der Waals surface area contributed by atoms with E-state index in [1.165, 1.54) is 0 Å². The van der Waals surface area contributed by atoms with Crippen molar-refractivity contribution >= 4 is 22.4 Å². The van der Waals surface area contributed by atoms with Crippen molar-refractivity contribution in [1.82, 2.24) is 19.7 Å². The number of methoxy groups -OCH3 is 2. The van der Waals surface area contributed by atoms with E-state index in [2.05, 4.69) is 10.1 Å². The summed E-state index contributed by atoms with van der Waals surface area (Å²) < 4.78 is 27.1. The summed E-state index contributed by atoms with van der Waals surface area (Å²) in [5.74, 6) is 1.27. The van der Waals surface area contributed by atoms with Gasteiger partial charge in [-0.3, -0.25) is 9.67 Å². The zero-order valence-corrected chi connectivity index (χ0v) is 18.6. The molecule has 7 nitrogen and oxygen atoms in total. The molecular weight excluding hydrogens is 409 g/mol. The summed E-state index contributed by atoms with van der Waals surface area (Å²) in [6.45, 7) is 2.02. The van der Waals surface area contributed by atoms with Crippen LogP contribution in [0.2, 0.25) is 0 Å². The van der Waals surface area contributed by atoms with Crippen LogP contribution < -0.4 is 14.4 Å². The van der Waals surface area contributed by atoms with Gasteiger partial charge in [-0.25, -0.2) is 9.37 Å². The van der Waals surface area contributed by atoms with Crippen LogP contribution in [0.25, 0.3) is 22.3 Å². The van der Waals surface area contributed by atoms with E-state index in [0.717, 1.165) is 33.7 Å². The first-order chi connectivity index (χ1) is 15.5. The van der Waals surface area contributed by atoms with Crippen LogP contribution in [0.15, 0.2) is 55.0 Å². The van der Waals surface area contributed by atoms with E-state index in [9.17, 15) is 4.39 Å². The normalized spacial score (nSPS) is 12.0. The van der Waals surface area contributed by atoms with Crippen LogP contribution in [0, 0.1) is 0 Å². The average Bonchev–Trinajstić information content (AvgIpc) is 3.27. The fourth-order valence-corrected chi connectivity index (χ4v) is 3.50. The predicted molar refractivity (Wildman–Crippen MR) is 123 cm³/mol. The van der Waals surface area contributed by atoms with E-state index in [1.54, 1.807) is 37.4 Å². The molecule has 0 saturated carbocycles. The molecular formula is C24H26FN5O2. The number of aryl methyl sites for hydroxylation is 1. The number of alkyl halides is 1. The summed E-state index contributed by atoms with van der Waals surface area (Å²) in [4.78, 5) is 11.2. The molecule has 32 heavy (non-hydrogen) atoms. The summed E-state index contributed by atoms with van der Waals surface area (Å²) in [6, 6.07) is 11.3. The molecule has 2 aromatic carbocycles. The lowest BCUT2D eigenvalue weighted by molar-refractivity contribution is 0.331. The van der Waals surface area contributed by atoms with E-state index in [1.807, 2.05) is 55.4 Å². The van der Waals surface area contributed by atoms with Crippen LogP contribution >= 0.6 is 0 Å². The van der Waals surface area contributed by atoms with Gasteiger partial charge in [-0.15, -0.1) is 0 Å². The molecule has 0 bridgehead atoms. The van der Waals surface area contributed by atoms with Gasteiger partial charge in [-0.1, -0.05) is 6.92 Å². The van der Waals surface area contributed by atoms with Gasteiger partial charge in [0.25, 0.3) is 0 Å². The van der Waals surface area contributed by atoms with Crippen LogP contribution in [0.3, 0.4) is 0 Å². The van der Waals surface area contributed by atoms with Gasteiger partial charge in [0.15, 0.2) is 0 Å². The zero-order chi connectivity index (χ0) is 22.7. The third-order valence-electron chi connectivity index (χ3n) is 5.31. The molecule has 0 aliphatic heterocycles. The SMILES string of the molecule is CCC(F)CN(c1cc(OC)cc(OC)c1)c1ccc2ncc(-c3cnn(C)c3)nc2c1. The Hall–Kier alpha value is -3.68. The second kappa shape index (κ2) is 9.21. The molecule has 0 fully saturated rings. The number of anilines is 2. The quantitative estimate of drug-likeness (QED) is 0.391. The number of halogens is 1. The van der Waals surface area contributed by atoms with Gasteiger partial charge < -0.3 is 14.4 Å². The van der Waals surface area contributed by atoms with E-state index < -0.39 is 6.17 Å². The summed E-state index contributed by atoms with van der Waals surface area (Å²) in [6.07, 6.45) is 4.79. The number of rotatable bonds is 8. The summed E-state index contributed by atoms with van der Waals surface area (Å²) in [7, 11) is 5.05. The third-order valence-corrected chi connectivity index (χ3v) is 5.31. The Morgan fingerprint density at radius 3 is 2.38 bits per heavy atom. The van der Waals surface area contributed by atoms with E-state index in [0.29, 0.717) is 17.9 Å². The van der Waals surface area contributed by atoms with Crippen molar-refractivity contribution in [2.75, 3.05) is 25.7 Å². The predicted octanol–water partition coefficient (Wildman–Crippen LogP) is 4.93. The number of benzene rings is 2. The molecule has 0 amide bonds. The second-order valence-corrected chi connectivity index (χ2v) is 7.52. The van der Waals surface area contributed by atoms with Crippen molar-refractivity contribution in [3.05, 3.63) is 55.0 Å². The van der Waals surface area contributed by atoms with Crippen molar-refractivity contribution < 1.29 is 13.9 Å². The van der Waals surface area contributed by atoms with Crippen LogP contribution in [0.5, 0.6) is 11.5 Å². The van der Waals surface area contributed by atoms with Crippen molar-refractivity contribution in [3.63, 3.8) is 0 Å². The minimum absolute atomic E-state index is 0.189. The largest absolute Gasteiger partial charge is 0.497 e. The van der Waals surface area contributed by atoms with Gasteiger partial charge in [0.1, 0.15) is 17.7 Å². The maximum Gasteiger partial charge on any atom is 0.124 e. The Bertz CT molecular complexity index is 1200. The minimum Gasteiger partial charge on any atom is -0.497 e. The van der Waals surface area contributed by atoms with Crippen molar-refractivity contribution in [2.45, 2.75) is 19.5 Å². The van der Waals surface area contributed by atoms with Gasteiger partial charge in [0.05, 0.1) is 49.9 Å². The molecule has 0 aliphatic carbocycles. The second-order valence-electron chi connectivity index (χ2n) is 7.52. The Morgan fingerprint density at radius 1 is 1.00 bits per heavy atom. The molecule has 1 unspecified atom stereocenters. The number of ether oxygens (including phenoxy) is 2. The lowest BCUT2D eigenvalue weighted by Gasteiger charge is -2.27. The van der Waals surface area contributed by atoms with Gasteiger partial charge in [-0.05, 0) is 24.6 Å². The Labute approximate surface area is 186 Å². The average molecular weight is 436 g/mol. The van der Waals surface area contributed by atoms with E-state index >= 15 is 0 Å². The molecule has 4 aromatic rings. The highest BCUT2D eigenvalue weighted by Gasteiger charge is 2.18. The summed E-state index contributed by atoms with van der Waals surface area (Å²) >= 11 is 0. The molecule has 0 radical (unpaired) electrons. The maximum absolute atomic E-state index is 14.6. The third kappa shape index (κ3) is 4.49. The van der Waals surface area contributed by atoms with Crippen LogP contribution in [0.1, 0.15) is 13.3 Å². The summed E-state index contributed by atoms with van der Waals surface area (Å²) in [5.41, 5.74) is 4.67. The topological polar surface area (TPSA) is 65.3 Å². The lowest BCUT2D eigenvalue weighted by Crippen LogP contribution is -2.26. The van der Waals surface area contributed by atoms with Gasteiger partial charge in [-0.2, -0.15) is 5.10 Å². The van der Waals surface area contributed by atoms with Crippen LogP contribution in [0.4, 0.5) is 15.8 Å². The van der Waals surface area contributed by atoms with Crippen LogP contribution in [-0.2, 0) is 7.05 Å². The van der Waals surface area contributed by atoms with E-state index in [4.69, 9.17) is 14.5 Å². The maximum atomic E-state index is 14.6. The van der Waals surface area contributed by atoms with Crippen molar-refractivity contribution in [3.8, 4) is 22.8 Å². The highest BCUT2D eigenvalue weighted by molar-refractivity contribution is 5.82. The molecule has 4 rings (SSSR count). The Kier molecular flexibility index (Phi) is 6.20. The van der Waals surface area contributed by atoms with Crippen LogP contribution in [-0.4, -0.2) is 46.7 Å². The smallest absolute Gasteiger partial charge is 0.124 e. The first-order valence-electron chi connectivity index (χ1n) is 10.4. The number of fused-ring (bicyclic) bond motifs is 1. The van der Waals surface area contributed by atoms with Gasteiger partial charge in [0.2, 0.25) is 0 Å². The molecule has 2 aromatic heterocycles. The fraction of sp³-hybridized carbons (Fsp3) is 0.292. The van der Waals surface area contributed by atoms with Gasteiger partial charge in [0, 0.05) is 48.4 Å². The van der Waals surface area contributed by atoms with Crippen molar-refractivity contribution in [1.29, 1.82) is 0 Å². The minimum atomic E-state index is -1.00. The molecule has 0 N–H and O–H groups in total. The van der Waals surface area contributed by atoms with E-state index in [-0.39, 0.29) is 6.54 Å². The molecule has 0 saturated heterocycles. The monoisotopic (exact) mass is 435 g/mol. The lowest BCUT2D eigenvalue weighted by atomic mass is 10.1. The molecule has 0 aliphatic rings. The van der Waals surface area contributed by atoms with Crippen molar-refractivity contribution in [2.24, 2.45) is 7.05 Å². The summed E-state index contributed by atoms with van der Waals surface area (Å²) in [5, 5.41) is 4.21. The molecule has 8 heteroatoms. The molecule has 1 atom stereocenters. The molecule has 2 heterocycles. The molecule has 0 spiro atoms. The first kappa shape index (κ1) is 21.5. The first-order valence-corrected chi connectivity index (χ1v) is 10.4. The number of hydrogen-bond acceptors (Lipinski definition) is 6. The standard InChI is InChI=1S/C24H26FN5O2/c1-5-17(25)15-30(19-8-20(31-3)11-21(9-19)32-4)18-6-7-22-23(10-18)28-24(13-26-22)16-12-27-29(2)14-16/h6-14,17H,5,15H2,1-4H3. The Balaban J connectivity index is 1.80. The fourth-order valence-electron chi connectivity index (χ4n) is 3.50. The van der Waals surface area contributed by atoms with Gasteiger partial charge >= 0.3 is 0 Å².